The molecule has 8 nitrogen and oxygen atoms in total. The molecule has 1 heterocycles. The number of hydrogen-bond donors (Lipinski definition) is 2. The van der Waals surface area contributed by atoms with E-state index < -0.39 is 11.4 Å². The van der Waals surface area contributed by atoms with Crippen LogP contribution in [0.25, 0.3) is 11.4 Å². The fraction of sp³-hybridized carbons (Fsp3) is 0.217. The third kappa shape index (κ3) is 4.66. The molecule has 0 spiro atoms. The van der Waals surface area contributed by atoms with Gasteiger partial charge in [0.15, 0.2) is 5.82 Å². The van der Waals surface area contributed by atoms with Crippen LogP contribution in [0.5, 0.6) is 11.5 Å². The van der Waals surface area contributed by atoms with E-state index in [0.717, 1.165) is 0 Å². The molecule has 3 N–H and O–H groups in total. The van der Waals surface area contributed by atoms with Crippen LogP contribution in [0.2, 0.25) is 0 Å². The zero-order chi connectivity index (χ0) is 22.7. The third-order valence-corrected chi connectivity index (χ3v) is 4.92. The highest BCUT2D eigenvalue weighted by molar-refractivity contribution is 5.93. The van der Waals surface area contributed by atoms with Crippen LogP contribution in [-0.2, 0) is 9.53 Å². The van der Waals surface area contributed by atoms with E-state index in [9.17, 15) is 14.0 Å². The van der Waals surface area contributed by atoms with Gasteiger partial charge >= 0.3 is 5.97 Å². The van der Waals surface area contributed by atoms with Gasteiger partial charge in [0.2, 0.25) is 0 Å². The lowest BCUT2D eigenvalue weighted by Gasteiger charge is -2.17. The highest BCUT2D eigenvalue weighted by atomic mass is 19.1. The fourth-order valence-corrected chi connectivity index (χ4v) is 3.10. The Morgan fingerprint density at radius 2 is 1.69 bits per heavy atom. The molecule has 0 atom stereocenters. The molecule has 0 bridgehead atoms. The van der Waals surface area contributed by atoms with Crippen LogP contribution >= 0.6 is 0 Å². The zero-order valence-electron chi connectivity index (χ0n) is 17.3. The Morgan fingerprint density at radius 1 is 1.06 bits per heavy atom. The van der Waals surface area contributed by atoms with Crippen molar-refractivity contribution in [3.63, 3.8) is 0 Å². The van der Waals surface area contributed by atoms with Gasteiger partial charge in [0.1, 0.15) is 34.4 Å². The van der Waals surface area contributed by atoms with Crippen LogP contribution in [-0.4, -0.2) is 34.0 Å². The Hall–Kier alpha value is -4.01. The average Bonchev–Trinajstić information content (AvgIpc) is 3.56. The monoisotopic (exact) mass is 436 g/mol. The number of primary amides is 1. The molecule has 1 saturated carbocycles. The van der Waals surface area contributed by atoms with Crippen LogP contribution < -0.4 is 15.8 Å². The van der Waals surface area contributed by atoms with Gasteiger partial charge in [-0.2, -0.15) is 0 Å². The number of hydrogen-bond acceptors (Lipinski definition) is 7. The maximum Gasteiger partial charge on any atom is 0.331 e. The molecule has 0 saturated heterocycles. The van der Waals surface area contributed by atoms with Crippen molar-refractivity contribution in [1.82, 2.24) is 9.97 Å². The Kier molecular flexibility index (Phi) is 5.72. The maximum atomic E-state index is 13.0. The molecule has 164 valence electrons. The quantitative estimate of drug-likeness (QED) is 0.517. The number of benzene rings is 2. The highest BCUT2D eigenvalue weighted by Gasteiger charge is 2.52. The SMILES string of the molecule is CCOC(=O)C1(Nc2cc(C(N)=O)nc(-c3ccc(Oc4ccc(F)cc4)cc3)n2)CC1. The standard InChI is InChI=1S/C23H21FN4O4/c1-2-31-22(30)23(11-12-23)28-19-13-18(20(25)29)26-21(27-19)14-3-7-16(8-4-14)32-17-9-5-15(24)6-10-17/h3-10,13H,2,11-12H2,1H3,(H2,25,29)(H,26,27,28). The molecule has 1 amide bonds. The molecule has 32 heavy (non-hydrogen) atoms. The van der Waals surface area contributed by atoms with Gasteiger partial charge in [-0.1, -0.05) is 0 Å². The van der Waals surface area contributed by atoms with Gasteiger partial charge < -0.3 is 20.5 Å². The number of ether oxygens (including phenoxy) is 2. The number of nitrogens with two attached hydrogens (primary N) is 1. The summed E-state index contributed by atoms with van der Waals surface area (Å²) in [5.74, 6) is 0.171. The lowest BCUT2D eigenvalue weighted by molar-refractivity contribution is -0.145. The number of nitrogens with one attached hydrogen (secondary N) is 1. The van der Waals surface area contributed by atoms with Crippen molar-refractivity contribution in [3.05, 3.63) is 66.1 Å². The predicted octanol–water partition coefficient (Wildman–Crippen LogP) is 3.68. The number of aromatic nitrogens is 2. The molecule has 1 aromatic heterocycles. The van der Waals surface area contributed by atoms with Crippen LogP contribution in [0.15, 0.2) is 54.6 Å². The molecule has 3 aromatic rings. The summed E-state index contributed by atoms with van der Waals surface area (Å²) in [6.45, 7) is 2.02. The van der Waals surface area contributed by atoms with Gasteiger partial charge in [0, 0.05) is 11.6 Å². The average molecular weight is 436 g/mol. The van der Waals surface area contributed by atoms with E-state index in [-0.39, 0.29) is 29.9 Å². The van der Waals surface area contributed by atoms with Crippen LogP contribution in [0.3, 0.4) is 0 Å². The lowest BCUT2D eigenvalue weighted by atomic mass is 10.2. The zero-order valence-corrected chi connectivity index (χ0v) is 17.3. The topological polar surface area (TPSA) is 116 Å². The lowest BCUT2D eigenvalue weighted by Crippen LogP contribution is -2.34. The van der Waals surface area contributed by atoms with Gasteiger partial charge in [-0.05, 0) is 68.3 Å². The molecule has 1 aliphatic rings. The van der Waals surface area contributed by atoms with Crippen molar-refractivity contribution in [2.75, 3.05) is 11.9 Å². The van der Waals surface area contributed by atoms with Crippen molar-refractivity contribution < 1.29 is 23.5 Å². The van der Waals surface area contributed by atoms with E-state index in [0.29, 0.717) is 35.7 Å². The van der Waals surface area contributed by atoms with Crippen molar-refractivity contribution in [1.29, 1.82) is 0 Å². The van der Waals surface area contributed by atoms with Crippen molar-refractivity contribution in [2.24, 2.45) is 5.73 Å². The summed E-state index contributed by atoms with van der Waals surface area (Å²) in [6, 6.07) is 13.9. The van der Waals surface area contributed by atoms with Crippen LogP contribution in [0.4, 0.5) is 10.2 Å². The van der Waals surface area contributed by atoms with E-state index in [4.69, 9.17) is 15.2 Å². The van der Waals surface area contributed by atoms with Gasteiger partial charge in [-0.3, -0.25) is 4.79 Å². The molecule has 2 aromatic carbocycles. The predicted molar refractivity (Wildman–Crippen MR) is 115 cm³/mol. The number of carbonyl (C=O) groups excluding carboxylic acids is 2. The summed E-state index contributed by atoms with van der Waals surface area (Å²) in [7, 11) is 0. The summed E-state index contributed by atoms with van der Waals surface area (Å²) >= 11 is 0. The normalized spacial score (nSPS) is 13.8. The van der Waals surface area contributed by atoms with Crippen LogP contribution in [0.1, 0.15) is 30.3 Å². The minimum absolute atomic E-state index is 0.0174. The van der Waals surface area contributed by atoms with Gasteiger partial charge in [0.05, 0.1) is 6.61 Å². The smallest absolute Gasteiger partial charge is 0.331 e. The molecule has 0 aliphatic heterocycles. The highest BCUT2D eigenvalue weighted by Crippen LogP contribution is 2.40. The van der Waals surface area contributed by atoms with Gasteiger partial charge in [-0.25, -0.2) is 19.2 Å². The number of amides is 1. The number of anilines is 1. The maximum absolute atomic E-state index is 13.0. The van der Waals surface area contributed by atoms with Gasteiger partial charge in [0.25, 0.3) is 5.91 Å². The first-order valence-electron chi connectivity index (χ1n) is 10.1. The van der Waals surface area contributed by atoms with Crippen molar-refractivity contribution >= 4 is 17.7 Å². The van der Waals surface area contributed by atoms with Crippen molar-refractivity contribution in [3.8, 4) is 22.9 Å². The molecule has 4 rings (SSSR count). The first-order valence-corrected chi connectivity index (χ1v) is 10.1. The number of carbonyl (C=O) groups is 2. The second kappa shape index (κ2) is 8.62. The minimum Gasteiger partial charge on any atom is -0.464 e. The van der Waals surface area contributed by atoms with Crippen LogP contribution in [0, 0.1) is 5.82 Å². The number of rotatable bonds is 8. The molecule has 1 fully saturated rings. The molecule has 0 unspecified atom stereocenters. The fourth-order valence-electron chi connectivity index (χ4n) is 3.10. The second-order valence-electron chi connectivity index (χ2n) is 7.33. The Bertz CT molecular complexity index is 1150. The summed E-state index contributed by atoms with van der Waals surface area (Å²) in [5, 5.41) is 3.08. The Labute approximate surface area is 183 Å². The van der Waals surface area contributed by atoms with E-state index in [1.807, 2.05) is 0 Å². The first-order chi connectivity index (χ1) is 15.4. The summed E-state index contributed by atoms with van der Waals surface area (Å²) in [5.41, 5.74) is 5.23. The largest absolute Gasteiger partial charge is 0.464 e. The van der Waals surface area contributed by atoms with E-state index in [1.54, 1.807) is 31.2 Å². The summed E-state index contributed by atoms with van der Waals surface area (Å²) in [4.78, 5) is 32.7. The third-order valence-electron chi connectivity index (χ3n) is 4.92. The second-order valence-corrected chi connectivity index (χ2v) is 7.33. The van der Waals surface area contributed by atoms with E-state index in [2.05, 4.69) is 15.3 Å². The first kappa shape index (κ1) is 21.2. The Morgan fingerprint density at radius 3 is 2.25 bits per heavy atom. The van der Waals surface area contributed by atoms with Gasteiger partial charge in [-0.15, -0.1) is 0 Å². The van der Waals surface area contributed by atoms with Crippen molar-refractivity contribution in [2.45, 2.75) is 25.3 Å². The summed E-state index contributed by atoms with van der Waals surface area (Å²) < 4.78 is 23.9. The summed E-state index contributed by atoms with van der Waals surface area (Å²) in [6.07, 6.45) is 1.21. The molecule has 0 radical (unpaired) electrons. The molecule has 9 heteroatoms. The Balaban J connectivity index is 1.58. The number of nitrogens with zero attached hydrogens (tertiary/aromatic N) is 2. The van der Waals surface area contributed by atoms with E-state index >= 15 is 0 Å². The molecule has 1 aliphatic carbocycles. The molecular weight excluding hydrogens is 415 g/mol. The molecular formula is C23H21FN4O4. The minimum atomic E-state index is -0.844. The van der Waals surface area contributed by atoms with E-state index in [1.165, 1.54) is 30.3 Å². The number of esters is 1. The number of halogens is 1.